The summed E-state index contributed by atoms with van der Waals surface area (Å²) in [5, 5.41) is 7.30. The molecule has 1 fully saturated rings. The highest BCUT2D eigenvalue weighted by atomic mass is 19.1. The van der Waals surface area contributed by atoms with E-state index in [0.717, 1.165) is 49.4 Å². The molecule has 1 saturated heterocycles. The zero-order chi connectivity index (χ0) is 20.1. The minimum Gasteiger partial charge on any atom is -0.497 e. The van der Waals surface area contributed by atoms with Gasteiger partial charge in [-0.05, 0) is 62.2 Å². The van der Waals surface area contributed by atoms with Gasteiger partial charge in [0.15, 0.2) is 0 Å². The molecule has 0 bridgehead atoms. The van der Waals surface area contributed by atoms with Crippen LogP contribution in [0.25, 0.3) is 11.4 Å². The van der Waals surface area contributed by atoms with Crippen LogP contribution in [0, 0.1) is 11.7 Å². The van der Waals surface area contributed by atoms with Crippen LogP contribution in [0.4, 0.5) is 10.4 Å². The fourth-order valence-electron chi connectivity index (χ4n) is 3.60. The predicted octanol–water partition coefficient (Wildman–Crippen LogP) is 4.21. The highest BCUT2D eigenvalue weighted by Crippen LogP contribution is 2.23. The molecular weight excluding hydrogens is 371 g/mol. The molecule has 0 radical (unpaired) electrons. The Hall–Kier alpha value is -2.93. The first-order valence-corrected chi connectivity index (χ1v) is 9.89. The van der Waals surface area contributed by atoms with Gasteiger partial charge in [0.1, 0.15) is 11.6 Å². The van der Waals surface area contributed by atoms with Crippen molar-refractivity contribution < 1.29 is 13.7 Å². The van der Waals surface area contributed by atoms with E-state index in [2.05, 4.69) is 20.4 Å². The van der Waals surface area contributed by atoms with Crippen LogP contribution < -0.4 is 10.1 Å². The summed E-state index contributed by atoms with van der Waals surface area (Å²) < 4.78 is 24.3. The average molecular weight is 396 g/mol. The second-order valence-corrected chi connectivity index (χ2v) is 7.34. The maximum absolute atomic E-state index is 13.8. The van der Waals surface area contributed by atoms with Crippen LogP contribution in [0.1, 0.15) is 18.4 Å². The van der Waals surface area contributed by atoms with Crippen LogP contribution in [0.15, 0.2) is 53.1 Å². The number of ether oxygens (including phenoxy) is 1. The maximum Gasteiger partial charge on any atom is 0.321 e. The number of hydrogen-bond acceptors (Lipinski definition) is 6. The summed E-state index contributed by atoms with van der Waals surface area (Å²) in [5.41, 5.74) is 1.64. The van der Waals surface area contributed by atoms with Gasteiger partial charge in [0.2, 0.25) is 5.82 Å². The Morgan fingerprint density at radius 2 is 1.90 bits per heavy atom. The predicted molar refractivity (Wildman–Crippen MR) is 109 cm³/mol. The van der Waals surface area contributed by atoms with Crippen LogP contribution in [-0.4, -0.2) is 41.8 Å². The minimum absolute atomic E-state index is 0.125. The van der Waals surface area contributed by atoms with Crippen molar-refractivity contribution in [1.29, 1.82) is 0 Å². The molecule has 152 valence electrons. The molecule has 6 nitrogen and oxygen atoms in total. The number of methoxy groups -OCH3 is 1. The molecule has 1 N–H and O–H groups in total. The second kappa shape index (κ2) is 9.05. The van der Waals surface area contributed by atoms with Crippen molar-refractivity contribution in [1.82, 2.24) is 15.0 Å². The first kappa shape index (κ1) is 19.4. The lowest BCUT2D eigenvalue weighted by Gasteiger charge is -2.31. The Balaban J connectivity index is 1.24. The molecule has 0 saturated carbocycles. The van der Waals surface area contributed by atoms with Gasteiger partial charge in [-0.2, -0.15) is 4.98 Å². The van der Waals surface area contributed by atoms with Gasteiger partial charge in [-0.25, -0.2) is 4.39 Å². The number of rotatable bonds is 7. The molecule has 0 unspecified atom stereocenters. The van der Waals surface area contributed by atoms with Gasteiger partial charge in [0.25, 0.3) is 0 Å². The van der Waals surface area contributed by atoms with Crippen LogP contribution in [0.5, 0.6) is 5.75 Å². The number of nitrogens with one attached hydrogen (secondary N) is 1. The fraction of sp³-hybridized carbons (Fsp3) is 0.364. The molecule has 1 aliphatic rings. The quantitative estimate of drug-likeness (QED) is 0.646. The fourth-order valence-corrected chi connectivity index (χ4v) is 3.60. The molecule has 0 aliphatic carbocycles. The third kappa shape index (κ3) is 4.92. The van der Waals surface area contributed by atoms with E-state index in [1.807, 2.05) is 36.4 Å². The van der Waals surface area contributed by atoms with Crippen molar-refractivity contribution in [2.75, 3.05) is 32.1 Å². The van der Waals surface area contributed by atoms with Crippen LogP contribution >= 0.6 is 0 Å². The molecular formula is C22H25FN4O2. The van der Waals surface area contributed by atoms with Crippen molar-refractivity contribution in [3.05, 3.63) is 59.9 Å². The lowest BCUT2D eigenvalue weighted by molar-refractivity contribution is 0.180. The maximum atomic E-state index is 13.8. The number of likely N-dealkylation sites (tertiary alicyclic amines) is 1. The summed E-state index contributed by atoms with van der Waals surface area (Å²) in [6, 6.07) is 15.0. The number of aromatic nitrogens is 2. The van der Waals surface area contributed by atoms with E-state index in [-0.39, 0.29) is 5.82 Å². The topological polar surface area (TPSA) is 63.4 Å². The van der Waals surface area contributed by atoms with Crippen LogP contribution in [0.2, 0.25) is 0 Å². The number of nitrogens with zero attached hydrogens (tertiary/aromatic N) is 3. The van der Waals surface area contributed by atoms with Gasteiger partial charge >= 0.3 is 6.01 Å². The van der Waals surface area contributed by atoms with E-state index >= 15 is 0 Å². The molecule has 29 heavy (non-hydrogen) atoms. The normalized spacial score (nSPS) is 15.4. The molecule has 1 aliphatic heterocycles. The molecule has 0 spiro atoms. The third-order valence-electron chi connectivity index (χ3n) is 5.38. The highest BCUT2D eigenvalue weighted by Gasteiger charge is 2.20. The van der Waals surface area contributed by atoms with E-state index in [9.17, 15) is 4.39 Å². The van der Waals surface area contributed by atoms with Gasteiger partial charge in [-0.15, -0.1) is 0 Å². The largest absolute Gasteiger partial charge is 0.497 e. The van der Waals surface area contributed by atoms with E-state index in [0.29, 0.717) is 24.3 Å². The van der Waals surface area contributed by atoms with Crippen molar-refractivity contribution in [2.24, 2.45) is 5.92 Å². The Kier molecular flexibility index (Phi) is 6.05. The smallest absolute Gasteiger partial charge is 0.321 e. The van der Waals surface area contributed by atoms with Crippen molar-refractivity contribution >= 4 is 6.01 Å². The lowest BCUT2D eigenvalue weighted by atomic mass is 9.96. The summed E-state index contributed by atoms with van der Waals surface area (Å²) in [6.45, 7) is 3.38. The average Bonchev–Trinajstić information content (AvgIpc) is 3.24. The van der Waals surface area contributed by atoms with Crippen molar-refractivity contribution in [2.45, 2.75) is 19.4 Å². The van der Waals surface area contributed by atoms with Crippen molar-refractivity contribution in [3.63, 3.8) is 0 Å². The minimum atomic E-state index is -0.125. The van der Waals surface area contributed by atoms with Gasteiger partial charge in [0.05, 0.1) is 7.11 Å². The SMILES string of the molecule is COc1ccc(-c2noc(NCC3CCN(Cc4ccccc4F)CC3)n2)cc1. The highest BCUT2D eigenvalue weighted by molar-refractivity contribution is 5.56. The Labute approximate surface area is 169 Å². The van der Waals surface area contributed by atoms with E-state index in [1.165, 1.54) is 6.07 Å². The summed E-state index contributed by atoms with van der Waals surface area (Å²) in [5.74, 6) is 1.75. The van der Waals surface area contributed by atoms with Crippen LogP contribution in [0.3, 0.4) is 0 Å². The number of halogens is 1. The Morgan fingerprint density at radius 3 is 2.62 bits per heavy atom. The summed E-state index contributed by atoms with van der Waals surface area (Å²) in [7, 11) is 1.63. The monoisotopic (exact) mass is 396 g/mol. The molecule has 1 aromatic heterocycles. The summed E-state index contributed by atoms with van der Waals surface area (Å²) in [6.07, 6.45) is 2.11. The van der Waals surface area contributed by atoms with Gasteiger partial charge in [-0.3, -0.25) is 4.90 Å². The molecule has 2 aromatic carbocycles. The molecule has 7 heteroatoms. The van der Waals surface area contributed by atoms with Gasteiger partial charge < -0.3 is 14.6 Å². The zero-order valence-corrected chi connectivity index (χ0v) is 16.5. The lowest BCUT2D eigenvalue weighted by Crippen LogP contribution is -2.35. The Morgan fingerprint density at radius 1 is 1.14 bits per heavy atom. The Bertz CT molecular complexity index is 921. The molecule has 0 amide bonds. The number of benzene rings is 2. The number of hydrogen-bond donors (Lipinski definition) is 1. The van der Waals surface area contributed by atoms with E-state index in [4.69, 9.17) is 9.26 Å². The van der Waals surface area contributed by atoms with Gasteiger partial charge in [-0.1, -0.05) is 23.4 Å². The van der Waals surface area contributed by atoms with E-state index < -0.39 is 0 Å². The summed E-state index contributed by atoms with van der Waals surface area (Å²) >= 11 is 0. The molecule has 4 rings (SSSR count). The van der Waals surface area contributed by atoms with E-state index in [1.54, 1.807) is 13.2 Å². The summed E-state index contributed by atoms with van der Waals surface area (Å²) in [4.78, 5) is 6.73. The van der Waals surface area contributed by atoms with Crippen molar-refractivity contribution in [3.8, 4) is 17.1 Å². The first-order valence-electron chi connectivity index (χ1n) is 9.89. The first-order chi connectivity index (χ1) is 14.2. The van der Waals surface area contributed by atoms with Crippen LogP contribution in [-0.2, 0) is 6.54 Å². The molecule has 2 heterocycles. The number of piperidine rings is 1. The van der Waals surface area contributed by atoms with Gasteiger partial charge in [0, 0.05) is 24.2 Å². The standard InChI is InChI=1S/C22H25FN4O2/c1-28-19-8-6-17(7-9-19)21-25-22(29-26-21)24-14-16-10-12-27(13-11-16)15-18-4-2-3-5-20(18)23/h2-9,16H,10-15H2,1H3,(H,24,25,26). The zero-order valence-electron chi connectivity index (χ0n) is 16.5. The molecule has 3 aromatic rings. The third-order valence-corrected chi connectivity index (χ3v) is 5.38. The number of anilines is 1. The molecule has 0 atom stereocenters. The second-order valence-electron chi connectivity index (χ2n) is 7.34.